The molecule has 0 saturated carbocycles. The van der Waals surface area contributed by atoms with Gasteiger partial charge in [-0.05, 0) is 48.9 Å². The summed E-state index contributed by atoms with van der Waals surface area (Å²) in [4.78, 5) is 29.9. The lowest BCUT2D eigenvalue weighted by atomic mass is 10.1. The second kappa shape index (κ2) is 10.00. The van der Waals surface area contributed by atoms with Crippen molar-refractivity contribution in [3.8, 4) is 5.82 Å². The smallest absolute Gasteiger partial charge is 0.322 e. The number of rotatable bonds is 5. The maximum Gasteiger partial charge on any atom is 0.434 e. The van der Waals surface area contributed by atoms with E-state index in [9.17, 15) is 22.8 Å². The minimum Gasteiger partial charge on any atom is -0.322 e. The van der Waals surface area contributed by atoms with Crippen LogP contribution in [0, 0.1) is 6.92 Å². The topological polar surface area (TPSA) is 88.9 Å². The number of alkyl halides is 3. The van der Waals surface area contributed by atoms with Crippen molar-refractivity contribution in [3.63, 3.8) is 0 Å². The lowest BCUT2D eigenvalue weighted by Crippen LogP contribution is -2.23. The molecular formula is C24H16Cl2F3N5O2. The van der Waals surface area contributed by atoms with Crippen molar-refractivity contribution in [2.24, 2.45) is 0 Å². The fraction of sp³-hybridized carbons (Fsp3) is 0.0833. The highest BCUT2D eigenvalue weighted by molar-refractivity contribution is 6.32. The standard InChI is InChI=1S/C24H16Cl2F3N5O2/c1-13-10-14(25)11-16(22(35)32-15-6-3-2-4-7-15)19(13)33-23(36)17-12-31-34(20(17)24(27,28)29)21-18(26)8-5-9-30-21/h2-12H,1H3,(H,32,35)(H,33,36). The van der Waals surface area contributed by atoms with Crippen LogP contribution in [0.15, 0.2) is 67.0 Å². The van der Waals surface area contributed by atoms with Crippen LogP contribution >= 0.6 is 23.2 Å². The van der Waals surface area contributed by atoms with Crippen LogP contribution in [0.2, 0.25) is 10.0 Å². The van der Waals surface area contributed by atoms with Gasteiger partial charge in [0.15, 0.2) is 11.5 Å². The number of aryl methyl sites for hydroxylation is 1. The van der Waals surface area contributed by atoms with E-state index < -0.39 is 29.2 Å². The van der Waals surface area contributed by atoms with E-state index in [0.29, 0.717) is 15.9 Å². The molecule has 2 aromatic heterocycles. The zero-order valence-electron chi connectivity index (χ0n) is 18.4. The van der Waals surface area contributed by atoms with Crippen LogP contribution in [0.3, 0.4) is 0 Å². The number of para-hydroxylation sites is 1. The van der Waals surface area contributed by atoms with Crippen LogP contribution in [-0.2, 0) is 6.18 Å². The Morgan fingerprint density at radius 1 is 0.944 bits per heavy atom. The van der Waals surface area contributed by atoms with Crippen LogP contribution in [0.5, 0.6) is 0 Å². The molecule has 0 saturated heterocycles. The molecule has 0 unspecified atom stereocenters. The van der Waals surface area contributed by atoms with Gasteiger partial charge in [-0.25, -0.2) is 9.67 Å². The number of carbonyl (C=O) groups excluding carboxylic acids is 2. The second-order valence-corrected chi connectivity index (χ2v) is 8.39. The summed E-state index contributed by atoms with van der Waals surface area (Å²) in [5.41, 5.74) is -1.36. The van der Waals surface area contributed by atoms with Crippen LogP contribution in [0.4, 0.5) is 24.5 Å². The Morgan fingerprint density at radius 3 is 2.31 bits per heavy atom. The number of hydrogen-bond acceptors (Lipinski definition) is 4. The molecule has 2 heterocycles. The summed E-state index contributed by atoms with van der Waals surface area (Å²) < 4.78 is 42.6. The van der Waals surface area contributed by atoms with E-state index in [4.69, 9.17) is 23.2 Å². The molecule has 12 heteroatoms. The normalized spacial score (nSPS) is 11.3. The third-order valence-electron chi connectivity index (χ3n) is 5.04. The van der Waals surface area contributed by atoms with E-state index in [0.717, 1.165) is 6.20 Å². The van der Waals surface area contributed by atoms with Gasteiger partial charge in [-0.1, -0.05) is 41.4 Å². The Kier molecular flexibility index (Phi) is 7.00. The van der Waals surface area contributed by atoms with Gasteiger partial charge in [-0.3, -0.25) is 9.59 Å². The molecule has 0 aliphatic carbocycles. The molecule has 4 aromatic rings. The van der Waals surface area contributed by atoms with Crippen LogP contribution < -0.4 is 10.6 Å². The molecule has 0 aliphatic rings. The summed E-state index contributed by atoms with van der Waals surface area (Å²) in [6.45, 7) is 1.56. The number of anilines is 2. The average Bonchev–Trinajstić information content (AvgIpc) is 3.27. The SMILES string of the molecule is Cc1cc(Cl)cc(C(=O)Nc2ccccc2)c1NC(=O)c1cnn(-c2ncccc2Cl)c1C(F)(F)F. The van der Waals surface area contributed by atoms with Crippen LogP contribution in [-0.4, -0.2) is 26.6 Å². The fourth-order valence-corrected chi connectivity index (χ4v) is 3.94. The number of aromatic nitrogens is 3. The van der Waals surface area contributed by atoms with Gasteiger partial charge in [0.2, 0.25) is 0 Å². The van der Waals surface area contributed by atoms with E-state index in [-0.39, 0.29) is 27.1 Å². The van der Waals surface area contributed by atoms with Crippen molar-refractivity contribution < 1.29 is 22.8 Å². The number of benzene rings is 2. The molecule has 0 atom stereocenters. The summed E-state index contributed by atoms with van der Waals surface area (Å²) in [5.74, 6) is -2.05. The quantitative estimate of drug-likeness (QED) is 0.310. The van der Waals surface area contributed by atoms with Crippen LogP contribution in [0.1, 0.15) is 32.0 Å². The number of nitrogens with zero attached hydrogens (tertiary/aromatic N) is 3. The average molecular weight is 534 g/mol. The van der Waals surface area contributed by atoms with E-state index >= 15 is 0 Å². The van der Waals surface area contributed by atoms with Crippen LogP contribution in [0.25, 0.3) is 5.82 Å². The molecule has 0 spiro atoms. The van der Waals surface area contributed by atoms with E-state index in [1.165, 1.54) is 30.5 Å². The fourth-order valence-electron chi connectivity index (χ4n) is 3.47. The van der Waals surface area contributed by atoms with Crippen molar-refractivity contribution in [1.82, 2.24) is 14.8 Å². The van der Waals surface area contributed by atoms with Gasteiger partial charge in [0, 0.05) is 16.9 Å². The molecule has 36 heavy (non-hydrogen) atoms. The number of carbonyl (C=O) groups is 2. The molecule has 2 aromatic carbocycles. The predicted octanol–water partition coefficient (Wildman–Crippen LogP) is 6.41. The minimum absolute atomic E-state index is 0.00502. The number of halogens is 5. The van der Waals surface area contributed by atoms with Crippen molar-refractivity contribution in [2.45, 2.75) is 13.1 Å². The molecule has 7 nitrogen and oxygen atoms in total. The molecule has 0 bridgehead atoms. The van der Waals surface area contributed by atoms with Gasteiger partial charge < -0.3 is 10.6 Å². The van der Waals surface area contributed by atoms with E-state index in [2.05, 4.69) is 20.7 Å². The van der Waals surface area contributed by atoms with Gasteiger partial charge in [0.05, 0.1) is 28.0 Å². The molecule has 4 rings (SSSR count). The third kappa shape index (κ3) is 5.19. The first-order valence-corrected chi connectivity index (χ1v) is 11.1. The molecule has 2 amide bonds. The Morgan fingerprint density at radius 2 is 1.64 bits per heavy atom. The first kappa shape index (κ1) is 25.2. The Hall–Kier alpha value is -3.89. The molecule has 184 valence electrons. The summed E-state index contributed by atoms with van der Waals surface area (Å²) in [5, 5.41) is 8.91. The molecule has 2 N–H and O–H groups in total. The van der Waals surface area contributed by atoms with Gasteiger partial charge in [-0.2, -0.15) is 18.3 Å². The summed E-state index contributed by atoms with van der Waals surface area (Å²) in [6.07, 6.45) is -2.97. The second-order valence-electron chi connectivity index (χ2n) is 7.54. The summed E-state index contributed by atoms with van der Waals surface area (Å²) >= 11 is 12.1. The zero-order chi connectivity index (χ0) is 26.0. The minimum atomic E-state index is -4.98. The van der Waals surface area contributed by atoms with Crippen molar-refractivity contribution in [3.05, 3.63) is 99.4 Å². The highest BCUT2D eigenvalue weighted by Crippen LogP contribution is 2.35. The lowest BCUT2D eigenvalue weighted by Gasteiger charge is -2.16. The van der Waals surface area contributed by atoms with E-state index in [1.54, 1.807) is 37.3 Å². The highest BCUT2D eigenvalue weighted by atomic mass is 35.5. The van der Waals surface area contributed by atoms with E-state index in [1.807, 2.05) is 0 Å². The monoisotopic (exact) mass is 533 g/mol. The molecule has 0 fully saturated rings. The lowest BCUT2D eigenvalue weighted by molar-refractivity contribution is -0.143. The zero-order valence-corrected chi connectivity index (χ0v) is 19.9. The largest absolute Gasteiger partial charge is 0.434 e. The Balaban J connectivity index is 1.74. The third-order valence-corrected chi connectivity index (χ3v) is 5.55. The maximum atomic E-state index is 14.0. The Labute approximate surface area is 212 Å². The van der Waals surface area contributed by atoms with Gasteiger partial charge >= 0.3 is 6.18 Å². The number of pyridine rings is 1. The van der Waals surface area contributed by atoms with Crippen molar-refractivity contribution in [2.75, 3.05) is 10.6 Å². The molecule has 0 radical (unpaired) electrons. The summed E-state index contributed by atoms with van der Waals surface area (Å²) in [7, 11) is 0. The number of amides is 2. The van der Waals surface area contributed by atoms with Gasteiger partial charge in [0.25, 0.3) is 11.8 Å². The van der Waals surface area contributed by atoms with Gasteiger partial charge in [0.1, 0.15) is 0 Å². The van der Waals surface area contributed by atoms with Crippen molar-refractivity contribution >= 4 is 46.4 Å². The van der Waals surface area contributed by atoms with Crippen molar-refractivity contribution in [1.29, 1.82) is 0 Å². The number of nitrogens with one attached hydrogen (secondary N) is 2. The molecular weight excluding hydrogens is 518 g/mol. The first-order chi connectivity index (χ1) is 17.1. The highest BCUT2D eigenvalue weighted by Gasteiger charge is 2.41. The van der Waals surface area contributed by atoms with Gasteiger partial charge in [-0.15, -0.1) is 0 Å². The maximum absolute atomic E-state index is 14.0. The first-order valence-electron chi connectivity index (χ1n) is 10.3. The molecule has 0 aliphatic heterocycles. The number of hydrogen-bond donors (Lipinski definition) is 2. The summed E-state index contributed by atoms with van der Waals surface area (Å²) in [6, 6.07) is 14.1. The Bertz CT molecular complexity index is 1460. The predicted molar refractivity (Wildman–Crippen MR) is 130 cm³/mol.